The Balaban J connectivity index is 0.000000172. The third kappa shape index (κ3) is 24.8. The summed E-state index contributed by atoms with van der Waals surface area (Å²) in [6, 6.07) is 21.3. The molecule has 31 heteroatoms. The van der Waals surface area contributed by atoms with Gasteiger partial charge in [0.1, 0.15) is 17.8 Å². The molecular weight excluding hydrogens is 1470 g/mol. The molecule has 3 saturated heterocycles. The largest absolute Gasteiger partial charge is 0.444 e. The highest BCUT2D eigenvalue weighted by Crippen LogP contribution is 2.36. The lowest BCUT2D eigenvalue weighted by Crippen LogP contribution is -2.45. The second-order valence-electron chi connectivity index (χ2n) is 27.6. The number of nitrogens with zero attached hydrogens (tertiary/aromatic N) is 11. The van der Waals surface area contributed by atoms with E-state index >= 15 is 0 Å². The van der Waals surface area contributed by atoms with Gasteiger partial charge in [-0.05, 0) is 130 Å². The van der Waals surface area contributed by atoms with E-state index in [2.05, 4.69) is 121 Å². The summed E-state index contributed by atoms with van der Waals surface area (Å²) in [6.45, 7) is 24.1. The molecule has 3 aliphatic heterocycles. The summed E-state index contributed by atoms with van der Waals surface area (Å²) in [5, 5.41) is 21.2. The van der Waals surface area contributed by atoms with Crippen molar-refractivity contribution in [1.29, 1.82) is 0 Å². The first-order valence-electron chi connectivity index (χ1n) is 34.8. The van der Waals surface area contributed by atoms with E-state index in [-0.39, 0.29) is 64.4 Å². The summed E-state index contributed by atoms with van der Waals surface area (Å²) in [7, 11) is 3.88. The Morgan fingerprint density at radius 1 is 0.505 bits per heavy atom. The van der Waals surface area contributed by atoms with E-state index in [0.29, 0.717) is 96.3 Å². The van der Waals surface area contributed by atoms with Crippen molar-refractivity contribution in [2.45, 2.75) is 126 Å². The van der Waals surface area contributed by atoms with E-state index in [0.717, 1.165) is 83.1 Å². The van der Waals surface area contributed by atoms with Crippen LogP contribution in [0.5, 0.6) is 0 Å². The monoisotopic (exact) mass is 1560 g/mol. The number of hydrogen-bond donors (Lipinski definition) is 6. The van der Waals surface area contributed by atoms with E-state index in [1.165, 1.54) is 24.6 Å². The zero-order valence-corrected chi connectivity index (χ0v) is 65.9. The molecule has 562 valence electrons. The van der Waals surface area contributed by atoms with Crippen LogP contribution in [0.2, 0.25) is 0 Å². The van der Waals surface area contributed by atoms with Crippen molar-refractivity contribution in [2.75, 3.05) is 91.8 Å². The van der Waals surface area contributed by atoms with Crippen LogP contribution in [0.25, 0.3) is 0 Å². The Hall–Kier alpha value is -9.50. The SMILES string of the molecule is C=CC(=O)Nc1ccc(C(=O)N2CCC[C@@H](Nc3ncc(SCc4cncnc4)s3)C2)cc1.C=CC(=O)Nc1ccc(C(=O)N2CC[C@@H](Nc3ncc(SCc4ncc(C(C)(C)C)o4)s3)C2)cc1.CN(C)C/C=C/C(=O)Nc1ccc(C(=O)N2CC[C@@H](Nc3ncc(SCc4ncc(C(C)(C)C)o4)s3)C2)cc1. The van der Waals surface area contributed by atoms with Crippen molar-refractivity contribution in [2.24, 2.45) is 0 Å². The molecule has 107 heavy (non-hydrogen) atoms. The molecule has 0 spiro atoms. The molecule has 0 unspecified atom stereocenters. The number of hydrogen-bond acceptors (Lipinski definition) is 25. The first-order valence-corrected chi connectivity index (χ1v) is 40.2. The molecule has 6 aromatic heterocycles. The van der Waals surface area contributed by atoms with Gasteiger partial charge >= 0.3 is 0 Å². The van der Waals surface area contributed by atoms with E-state index in [4.69, 9.17) is 8.83 Å². The minimum Gasteiger partial charge on any atom is -0.444 e. The zero-order chi connectivity index (χ0) is 76.0. The molecule has 0 aliphatic carbocycles. The Bertz CT molecular complexity index is 4490. The predicted molar refractivity (Wildman–Crippen MR) is 429 cm³/mol. The number of thioether (sulfide) groups is 3. The number of benzene rings is 3. The second kappa shape index (κ2) is 38.3. The van der Waals surface area contributed by atoms with Crippen molar-refractivity contribution < 1.29 is 37.6 Å². The van der Waals surface area contributed by atoms with Crippen LogP contribution >= 0.6 is 69.3 Å². The first kappa shape index (κ1) is 80.0. The number of likely N-dealkylation sites (N-methyl/N-ethyl adjacent to an activating group) is 1. The van der Waals surface area contributed by atoms with Gasteiger partial charge in [-0.1, -0.05) is 94.8 Å². The van der Waals surface area contributed by atoms with Gasteiger partial charge in [-0.3, -0.25) is 28.8 Å². The molecule has 9 aromatic rings. The van der Waals surface area contributed by atoms with Crippen LogP contribution in [0.3, 0.4) is 0 Å². The Labute approximate surface area is 648 Å². The van der Waals surface area contributed by atoms with Gasteiger partial charge in [0.15, 0.2) is 15.4 Å². The maximum absolute atomic E-state index is 13.0. The quantitative estimate of drug-likeness (QED) is 0.0217. The van der Waals surface area contributed by atoms with Crippen molar-refractivity contribution in [3.05, 3.63) is 206 Å². The van der Waals surface area contributed by atoms with Crippen LogP contribution in [0.15, 0.2) is 181 Å². The molecule has 3 fully saturated rings. The smallest absolute Gasteiger partial charge is 0.253 e. The Kier molecular flexibility index (Phi) is 28.7. The fourth-order valence-corrected chi connectivity index (χ4v) is 16.4. The first-order chi connectivity index (χ1) is 51.4. The third-order valence-corrected chi connectivity index (χ3v) is 23.1. The van der Waals surface area contributed by atoms with Gasteiger partial charge in [0.25, 0.3) is 17.7 Å². The van der Waals surface area contributed by atoms with E-state index in [1.54, 1.807) is 161 Å². The summed E-state index contributed by atoms with van der Waals surface area (Å²) in [5.74, 6) is 4.49. The van der Waals surface area contributed by atoms with E-state index < -0.39 is 0 Å². The van der Waals surface area contributed by atoms with Crippen molar-refractivity contribution in [1.82, 2.24) is 54.5 Å². The number of rotatable bonds is 26. The fraction of sp³-hybridized carbons (Fsp3) is 0.355. The minimum absolute atomic E-state index is 0.0106. The fourth-order valence-electron chi connectivity index (χ4n) is 11.0. The van der Waals surface area contributed by atoms with Crippen LogP contribution in [0.4, 0.5) is 32.5 Å². The van der Waals surface area contributed by atoms with E-state index in [1.807, 2.05) is 64.7 Å². The van der Waals surface area contributed by atoms with Gasteiger partial charge in [0.2, 0.25) is 29.5 Å². The number of nitrogens with one attached hydrogen (secondary N) is 6. The number of anilines is 6. The van der Waals surface area contributed by atoms with Crippen LogP contribution in [-0.4, -0.2) is 168 Å². The summed E-state index contributed by atoms with van der Waals surface area (Å²) >= 11 is 9.81. The molecule has 6 N–H and O–H groups in total. The summed E-state index contributed by atoms with van der Waals surface area (Å²) in [5.41, 5.74) is 4.67. The summed E-state index contributed by atoms with van der Waals surface area (Å²) in [6.07, 6.45) is 23.7. The zero-order valence-electron chi connectivity index (χ0n) is 61.0. The maximum atomic E-state index is 13.0. The average molecular weight is 1560 g/mol. The maximum Gasteiger partial charge on any atom is 0.253 e. The standard InChI is InChI=1S/C28H36N6O3S2.C25H29N5O3S2.C23H24N6O2S2/c1-28(2,3)22-15-29-24(37-22)18-38-25-16-30-27(39-25)32-21-12-14-34(17-21)26(36)19-8-10-20(11-9-19)31-23(35)7-6-13-33(4)5;1-5-20(31)28-17-8-6-16(7-9-17)23(32)30-11-10-18(14-30)29-24-27-13-22(35-24)34-15-21-26-12-19(33-21)25(2,3)4;1-2-20(30)27-18-7-5-17(6-8-18)22(31)29-9-3-4-19(13-29)28-23-26-12-21(33-23)32-14-16-10-24-15-25-11-16/h6-11,15-16,21H,12-14,17-18H2,1-5H3,(H,30,32)(H,31,35);5-9,12-13,18H,1,10-11,14-15H2,2-4H3,(H,27,29)(H,28,31);2,5-8,10-12,15,19H,1,3-4,9,13-14H2,(H,26,28)(H,27,30)/b7-6+;;/t21-;18-;19-/m111/s1. The molecule has 9 heterocycles. The molecular formula is C76H89N17O8S6. The topological polar surface area (TPSA) is 304 Å². The van der Waals surface area contributed by atoms with E-state index in [9.17, 15) is 28.8 Å². The van der Waals surface area contributed by atoms with Crippen molar-refractivity contribution in [3.8, 4) is 0 Å². The van der Waals surface area contributed by atoms with Crippen molar-refractivity contribution in [3.63, 3.8) is 0 Å². The number of likely N-dealkylation sites (tertiary alicyclic amines) is 3. The molecule has 3 aliphatic rings. The Morgan fingerprint density at radius 3 is 1.25 bits per heavy atom. The lowest BCUT2D eigenvalue weighted by Gasteiger charge is -2.33. The number of amides is 6. The third-order valence-electron chi connectivity index (χ3n) is 16.7. The molecule has 12 rings (SSSR count). The lowest BCUT2D eigenvalue weighted by molar-refractivity contribution is -0.112. The second-order valence-corrected chi connectivity index (χ2v) is 34.5. The number of piperidine rings is 1. The van der Waals surface area contributed by atoms with Crippen LogP contribution in [-0.2, 0) is 42.5 Å². The predicted octanol–water partition coefficient (Wildman–Crippen LogP) is 14.3. The molecule has 25 nitrogen and oxygen atoms in total. The Morgan fingerprint density at radius 2 is 0.879 bits per heavy atom. The molecule has 0 bridgehead atoms. The molecule has 0 saturated carbocycles. The molecule has 3 aromatic carbocycles. The average Bonchev–Trinajstić information content (AvgIpc) is 1.71. The minimum atomic E-state index is -0.284. The van der Waals surface area contributed by atoms with Gasteiger partial charge in [0, 0.05) is 133 Å². The van der Waals surface area contributed by atoms with Crippen LogP contribution < -0.4 is 31.9 Å². The van der Waals surface area contributed by atoms with Gasteiger partial charge in [-0.2, -0.15) is 0 Å². The number of carbonyl (C=O) groups excluding carboxylic acids is 6. The molecule has 0 radical (unpaired) electrons. The number of aromatic nitrogens is 7. The van der Waals surface area contributed by atoms with Crippen LogP contribution in [0.1, 0.15) is 127 Å². The normalized spacial score (nSPS) is 15.7. The summed E-state index contributed by atoms with van der Waals surface area (Å²) < 4.78 is 15.0. The number of thiazole rings is 3. The highest BCUT2D eigenvalue weighted by Gasteiger charge is 2.31. The highest BCUT2D eigenvalue weighted by molar-refractivity contribution is 8.01. The van der Waals surface area contributed by atoms with Crippen molar-refractivity contribution >= 4 is 137 Å². The molecule has 3 atom stereocenters. The number of oxazole rings is 2. The van der Waals surface area contributed by atoms with Gasteiger partial charge in [-0.25, -0.2) is 34.9 Å². The number of carbonyl (C=O) groups is 6. The highest BCUT2D eigenvalue weighted by atomic mass is 32.2. The van der Waals surface area contributed by atoms with Gasteiger partial charge in [-0.15, -0.1) is 35.3 Å². The molecule has 6 amide bonds. The summed E-state index contributed by atoms with van der Waals surface area (Å²) in [4.78, 5) is 112. The van der Waals surface area contributed by atoms with Gasteiger partial charge < -0.3 is 60.3 Å². The lowest BCUT2D eigenvalue weighted by atomic mass is 9.94. The van der Waals surface area contributed by atoms with Gasteiger partial charge in [0.05, 0.1) is 55.1 Å². The van der Waals surface area contributed by atoms with Crippen LogP contribution in [0, 0.1) is 0 Å².